The summed E-state index contributed by atoms with van der Waals surface area (Å²) in [6.07, 6.45) is 1.72. The molecule has 0 amide bonds. The van der Waals surface area contributed by atoms with Crippen molar-refractivity contribution in [1.29, 1.82) is 0 Å². The van der Waals surface area contributed by atoms with Crippen LogP contribution in [0.25, 0.3) is 6.08 Å². The number of aromatic nitrogens is 1. The highest BCUT2D eigenvalue weighted by molar-refractivity contribution is 7.07. The second-order valence-electron chi connectivity index (χ2n) is 9.99. The van der Waals surface area contributed by atoms with E-state index < -0.39 is 12.0 Å². The lowest BCUT2D eigenvalue weighted by Gasteiger charge is -2.26. The number of benzene rings is 3. The largest absolute Gasteiger partial charge is 0.491 e. The maximum absolute atomic E-state index is 14.0. The number of allylic oxidation sites excluding steroid dienone is 1. The van der Waals surface area contributed by atoms with Gasteiger partial charge in [-0.15, -0.1) is 0 Å². The number of fused-ring (bicyclic) bond motifs is 1. The van der Waals surface area contributed by atoms with Gasteiger partial charge in [0.25, 0.3) is 5.56 Å². The third kappa shape index (κ3) is 6.35. The van der Waals surface area contributed by atoms with E-state index in [1.165, 1.54) is 11.3 Å². The lowest BCUT2D eigenvalue weighted by Crippen LogP contribution is -2.40. The minimum absolute atomic E-state index is 0.101. The monoisotopic (exact) mass is 602 g/mol. The van der Waals surface area contributed by atoms with E-state index in [9.17, 15) is 9.59 Å². The maximum Gasteiger partial charge on any atom is 0.338 e. The van der Waals surface area contributed by atoms with Crippen molar-refractivity contribution in [2.24, 2.45) is 4.99 Å². The minimum atomic E-state index is -0.749. The third-order valence-corrected chi connectivity index (χ3v) is 7.82. The lowest BCUT2D eigenvalue weighted by molar-refractivity contribution is -0.139. The van der Waals surface area contributed by atoms with Crippen molar-refractivity contribution in [2.45, 2.75) is 46.4 Å². The normalized spacial score (nSPS) is 14.9. The Balaban J connectivity index is 1.52. The summed E-state index contributed by atoms with van der Waals surface area (Å²) in [5, 5.41) is 0.681. The number of esters is 1. The van der Waals surface area contributed by atoms with Crippen LogP contribution in [0, 0.1) is 0 Å². The van der Waals surface area contributed by atoms with Gasteiger partial charge in [0.05, 0.1) is 28.5 Å². The fourth-order valence-corrected chi connectivity index (χ4v) is 5.88. The van der Waals surface area contributed by atoms with Crippen LogP contribution in [0.3, 0.4) is 0 Å². The minimum Gasteiger partial charge on any atom is -0.491 e. The molecule has 1 aliphatic heterocycles. The van der Waals surface area contributed by atoms with E-state index in [-0.39, 0.29) is 18.3 Å². The van der Waals surface area contributed by atoms with Crippen LogP contribution in [0.15, 0.2) is 93.9 Å². The van der Waals surface area contributed by atoms with Crippen LogP contribution in [0.1, 0.15) is 50.4 Å². The molecule has 7 nitrogen and oxygen atoms in total. The van der Waals surface area contributed by atoms with E-state index in [2.05, 4.69) is 4.99 Å². The summed E-state index contributed by atoms with van der Waals surface area (Å²) in [7, 11) is 0. The summed E-state index contributed by atoms with van der Waals surface area (Å²) in [5.41, 5.74) is 3.11. The Morgan fingerprint density at radius 2 is 1.79 bits per heavy atom. The fourth-order valence-electron chi connectivity index (χ4n) is 4.71. The number of carbonyl (C=O) groups excluding carboxylic acids is 1. The Kier molecular flexibility index (Phi) is 8.94. The molecule has 42 heavy (non-hydrogen) atoms. The molecule has 0 fully saturated rings. The smallest absolute Gasteiger partial charge is 0.338 e. The Bertz CT molecular complexity index is 1800. The topological polar surface area (TPSA) is 79.1 Å². The van der Waals surface area contributed by atoms with E-state index in [1.807, 2.05) is 92.7 Å². The highest BCUT2D eigenvalue weighted by Crippen LogP contribution is 2.36. The summed E-state index contributed by atoms with van der Waals surface area (Å²) < 4.78 is 19.5. The van der Waals surface area contributed by atoms with E-state index in [1.54, 1.807) is 18.4 Å². The molecule has 2 heterocycles. The van der Waals surface area contributed by atoms with Gasteiger partial charge < -0.3 is 14.2 Å². The quantitative estimate of drug-likeness (QED) is 0.226. The average Bonchev–Trinajstić information content (AvgIpc) is 3.27. The second-order valence-corrected chi connectivity index (χ2v) is 11.4. The number of hydrogen-bond acceptors (Lipinski definition) is 7. The van der Waals surface area contributed by atoms with Crippen LogP contribution >= 0.6 is 22.9 Å². The standard InChI is InChI=1S/C33H31ClN2O5S/c1-5-39-32(38)29-21(4)35-33-36(30(29)26-8-6-7-9-27(26)41-20(2)3)31(37)28(42-33)18-22-12-16-25(17-13-22)40-19-23-10-14-24(34)15-11-23/h6-18,20,30H,5,19H2,1-4H3/b28-18+/t30-/m0/s1. The molecule has 0 saturated heterocycles. The first kappa shape index (κ1) is 29.4. The lowest BCUT2D eigenvalue weighted by atomic mass is 9.95. The van der Waals surface area contributed by atoms with Gasteiger partial charge in [0.2, 0.25) is 0 Å². The van der Waals surface area contributed by atoms with Crippen LogP contribution in [-0.4, -0.2) is 23.2 Å². The third-order valence-electron chi connectivity index (χ3n) is 6.59. The van der Waals surface area contributed by atoms with Gasteiger partial charge in [-0.25, -0.2) is 9.79 Å². The molecular formula is C33H31ClN2O5S. The van der Waals surface area contributed by atoms with Crippen molar-refractivity contribution in [2.75, 3.05) is 6.61 Å². The first-order chi connectivity index (χ1) is 20.2. The molecule has 0 saturated carbocycles. The van der Waals surface area contributed by atoms with Crippen LogP contribution in [-0.2, 0) is 16.1 Å². The van der Waals surface area contributed by atoms with Crippen LogP contribution < -0.4 is 24.4 Å². The molecule has 4 aromatic rings. The van der Waals surface area contributed by atoms with Gasteiger partial charge in [0, 0.05) is 10.6 Å². The SMILES string of the molecule is CCOC(=O)C1=C(C)N=c2s/c(=C/c3ccc(OCc4ccc(Cl)cc4)cc3)c(=O)n2[C@H]1c1ccccc1OC(C)C. The summed E-state index contributed by atoms with van der Waals surface area (Å²) in [5.74, 6) is 0.796. The van der Waals surface area contributed by atoms with E-state index >= 15 is 0 Å². The number of para-hydroxylation sites is 1. The average molecular weight is 603 g/mol. The number of thiazole rings is 1. The van der Waals surface area contributed by atoms with E-state index in [0.717, 1.165) is 11.1 Å². The Hall–Kier alpha value is -4.14. The zero-order valence-corrected chi connectivity index (χ0v) is 25.4. The maximum atomic E-state index is 14.0. The Morgan fingerprint density at radius 1 is 1.07 bits per heavy atom. The summed E-state index contributed by atoms with van der Waals surface area (Å²) in [6.45, 7) is 8.01. The van der Waals surface area contributed by atoms with E-state index in [0.29, 0.717) is 49.3 Å². The second kappa shape index (κ2) is 12.8. The first-order valence-electron chi connectivity index (χ1n) is 13.7. The zero-order chi connectivity index (χ0) is 29.8. The molecule has 1 aliphatic rings. The predicted molar refractivity (Wildman–Crippen MR) is 165 cm³/mol. The number of carbonyl (C=O) groups is 1. The van der Waals surface area contributed by atoms with Crippen molar-refractivity contribution in [1.82, 2.24) is 4.57 Å². The molecule has 216 valence electrons. The van der Waals surface area contributed by atoms with Crippen molar-refractivity contribution in [3.05, 3.63) is 125 Å². The molecular weight excluding hydrogens is 572 g/mol. The molecule has 9 heteroatoms. The highest BCUT2D eigenvalue weighted by atomic mass is 35.5. The Morgan fingerprint density at radius 3 is 2.48 bits per heavy atom. The molecule has 0 aliphatic carbocycles. The molecule has 1 atom stereocenters. The van der Waals surface area contributed by atoms with Crippen molar-refractivity contribution in [3.63, 3.8) is 0 Å². The number of rotatable bonds is 9. The Labute approximate surface area is 253 Å². The number of hydrogen-bond donors (Lipinski definition) is 0. The molecule has 1 aromatic heterocycles. The molecule has 3 aromatic carbocycles. The van der Waals surface area contributed by atoms with Gasteiger partial charge >= 0.3 is 5.97 Å². The molecule has 0 radical (unpaired) electrons. The molecule has 0 N–H and O–H groups in total. The molecule has 0 spiro atoms. The van der Waals surface area contributed by atoms with Gasteiger partial charge in [0.1, 0.15) is 24.1 Å². The van der Waals surface area contributed by atoms with E-state index in [4.69, 9.17) is 25.8 Å². The van der Waals surface area contributed by atoms with Crippen LogP contribution in [0.4, 0.5) is 0 Å². The molecule has 5 rings (SSSR count). The van der Waals surface area contributed by atoms with Crippen molar-refractivity contribution in [3.8, 4) is 11.5 Å². The van der Waals surface area contributed by atoms with Gasteiger partial charge in [-0.1, -0.05) is 65.4 Å². The van der Waals surface area contributed by atoms with Gasteiger partial charge in [-0.05, 0) is 75.2 Å². The van der Waals surface area contributed by atoms with Gasteiger partial charge in [-0.3, -0.25) is 9.36 Å². The summed E-state index contributed by atoms with van der Waals surface area (Å²) >= 11 is 7.24. The number of halogens is 1. The van der Waals surface area contributed by atoms with Crippen molar-refractivity contribution < 1.29 is 19.0 Å². The van der Waals surface area contributed by atoms with Crippen LogP contribution in [0.5, 0.6) is 11.5 Å². The van der Waals surface area contributed by atoms with Crippen LogP contribution in [0.2, 0.25) is 5.02 Å². The predicted octanol–water partition coefficient (Wildman–Crippen LogP) is 5.82. The zero-order valence-electron chi connectivity index (χ0n) is 23.8. The summed E-state index contributed by atoms with van der Waals surface area (Å²) in [6, 6.07) is 21.7. The molecule has 0 bridgehead atoms. The van der Waals surface area contributed by atoms with Crippen molar-refractivity contribution >= 4 is 35.0 Å². The summed E-state index contributed by atoms with van der Waals surface area (Å²) in [4.78, 5) is 32.3. The van der Waals surface area contributed by atoms with Gasteiger partial charge in [-0.2, -0.15) is 0 Å². The first-order valence-corrected chi connectivity index (χ1v) is 14.9. The van der Waals surface area contributed by atoms with Gasteiger partial charge in [0.15, 0.2) is 4.80 Å². The highest BCUT2D eigenvalue weighted by Gasteiger charge is 2.35. The molecule has 0 unspecified atom stereocenters. The number of nitrogens with zero attached hydrogens (tertiary/aromatic N) is 2. The fraction of sp³-hybridized carbons (Fsp3) is 0.242. The number of ether oxygens (including phenoxy) is 3.